The van der Waals surface area contributed by atoms with Crippen LogP contribution in [0, 0.1) is 12.7 Å². The average Bonchev–Trinajstić information content (AvgIpc) is 2.26. The van der Waals surface area contributed by atoms with Crippen molar-refractivity contribution in [3.05, 3.63) is 29.1 Å². The van der Waals surface area contributed by atoms with Crippen LogP contribution in [0.5, 0.6) is 5.75 Å². The van der Waals surface area contributed by atoms with Crippen LogP contribution in [0.25, 0.3) is 0 Å². The smallest absolute Gasteiger partial charge is 0.339 e. The Labute approximate surface area is 92.3 Å². The molecule has 0 amide bonds. The Morgan fingerprint density at radius 1 is 1.56 bits per heavy atom. The molecule has 0 aliphatic rings. The highest BCUT2D eigenvalue weighted by Gasteiger charge is 2.24. The average molecular weight is 228 g/mol. The Morgan fingerprint density at radius 2 is 2.19 bits per heavy atom. The summed E-state index contributed by atoms with van der Waals surface area (Å²) < 4.78 is 17.8. The van der Waals surface area contributed by atoms with Crippen molar-refractivity contribution < 1.29 is 24.1 Å². The first-order valence-electron chi connectivity index (χ1n) is 4.81. The van der Waals surface area contributed by atoms with Gasteiger partial charge < -0.3 is 14.9 Å². The van der Waals surface area contributed by atoms with Crippen LogP contribution < -0.4 is 0 Å². The third kappa shape index (κ3) is 2.30. The Balaban J connectivity index is 3.05. The molecule has 4 nitrogen and oxygen atoms in total. The monoisotopic (exact) mass is 228 g/mol. The van der Waals surface area contributed by atoms with Crippen molar-refractivity contribution in [3.63, 3.8) is 0 Å². The number of aromatic hydroxyl groups is 1. The first kappa shape index (κ1) is 12.4. The summed E-state index contributed by atoms with van der Waals surface area (Å²) in [5.74, 6) is -2.48. The van der Waals surface area contributed by atoms with Gasteiger partial charge in [-0.05, 0) is 19.4 Å². The van der Waals surface area contributed by atoms with Gasteiger partial charge in [0.05, 0.1) is 6.61 Å². The van der Waals surface area contributed by atoms with Gasteiger partial charge in [-0.3, -0.25) is 0 Å². The third-order valence-corrected chi connectivity index (χ3v) is 2.14. The van der Waals surface area contributed by atoms with E-state index in [0.717, 1.165) is 0 Å². The maximum Gasteiger partial charge on any atom is 0.339 e. The number of carbonyl (C=O) groups excluding carboxylic acids is 1. The highest BCUT2D eigenvalue weighted by molar-refractivity contribution is 5.77. The molecule has 0 bridgehead atoms. The molecule has 88 valence electrons. The second kappa shape index (κ2) is 4.94. The number of esters is 1. The number of benzene rings is 1. The van der Waals surface area contributed by atoms with E-state index in [9.17, 15) is 19.4 Å². The molecule has 0 fully saturated rings. The number of carbonyl (C=O) groups is 1. The van der Waals surface area contributed by atoms with E-state index in [0.29, 0.717) is 0 Å². The van der Waals surface area contributed by atoms with Crippen LogP contribution in [0.15, 0.2) is 12.1 Å². The van der Waals surface area contributed by atoms with Crippen molar-refractivity contribution in [1.82, 2.24) is 0 Å². The summed E-state index contributed by atoms with van der Waals surface area (Å²) in [6.45, 7) is 3.15. The van der Waals surface area contributed by atoms with Crippen molar-refractivity contribution in [2.24, 2.45) is 0 Å². The molecule has 1 aromatic carbocycles. The van der Waals surface area contributed by atoms with Crippen molar-refractivity contribution >= 4 is 5.97 Å². The van der Waals surface area contributed by atoms with E-state index in [-0.39, 0.29) is 17.7 Å². The molecule has 0 aliphatic carbocycles. The zero-order chi connectivity index (χ0) is 12.3. The van der Waals surface area contributed by atoms with E-state index in [2.05, 4.69) is 4.74 Å². The Hall–Kier alpha value is -1.62. The Morgan fingerprint density at radius 3 is 2.75 bits per heavy atom. The lowest BCUT2D eigenvalue weighted by molar-refractivity contribution is -0.153. The summed E-state index contributed by atoms with van der Waals surface area (Å²) in [6, 6.07) is 2.65. The molecule has 1 unspecified atom stereocenters. The normalized spacial score (nSPS) is 12.2. The molecule has 0 aliphatic heterocycles. The van der Waals surface area contributed by atoms with Crippen LogP contribution in [0.1, 0.15) is 24.2 Å². The minimum atomic E-state index is -1.67. The number of aryl methyl sites for hydroxylation is 1. The molecule has 0 radical (unpaired) electrons. The highest BCUT2D eigenvalue weighted by Crippen LogP contribution is 2.29. The molecular weight excluding hydrogens is 215 g/mol. The van der Waals surface area contributed by atoms with Gasteiger partial charge in [0, 0.05) is 5.56 Å². The molecule has 0 spiro atoms. The minimum Gasteiger partial charge on any atom is -0.505 e. The Bertz CT molecular complexity index is 403. The number of phenolic OH excluding ortho intramolecular Hbond substituents is 1. The van der Waals surface area contributed by atoms with Gasteiger partial charge >= 0.3 is 5.97 Å². The van der Waals surface area contributed by atoms with Gasteiger partial charge in [0.15, 0.2) is 17.7 Å². The maximum atomic E-state index is 13.3. The topological polar surface area (TPSA) is 66.8 Å². The second-order valence-electron chi connectivity index (χ2n) is 3.29. The van der Waals surface area contributed by atoms with Crippen LogP contribution in [0.2, 0.25) is 0 Å². The summed E-state index contributed by atoms with van der Waals surface area (Å²) >= 11 is 0. The molecule has 1 rings (SSSR count). The quantitative estimate of drug-likeness (QED) is 0.768. The zero-order valence-electron chi connectivity index (χ0n) is 9.03. The number of ether oxygens (including phenoxy) is 1. The van der Waals surface area contributed by atoms with E-state index < -0.39 is 23.6 Å². The van der Waals surface area contributed by atoms with E-state index in [1.54, 1.807) is 6.92 Å². The summed E-state index contributed by atoms with van der Waals surface area (Å²) in [6.07, 6.45) is -1.67. The number of hydrogen-bond donors (Lipinski definition) is 2. The number of aliphatic hydroxyl groups is 1. The molecule has 0 aromatic heterocycles. The zero-order valence-corrected chi connectivity index (χ0v) is 9.03. The molecule has 0 saturated carbocycles. The van der Waals surface area contributed by atoms with Gasteiger partial charge in [-0.2, -0.15) is 0 Å². The van der Waals surface area contributed by atoms with Crippen LogP contribution in [-0.4, -0.2) is 22.8 Å². The van der Waals surface area contributed by atoms with Gasteiger partial charge in [-0.1, -0.05) is 12.1 Å². The van der Waals surface area contributed by atoms with Crippen LogP contribution >= 0.6 is 0 Å². The van der Waals surface area contributed by atoms with Gasteiger partial charge in [0.1, 0.15) is 0 Å². The van der Waals surface area contributed by atoms with Gasteiger partial charge in [-0.15, -0.1) is 0 Å². The number of rotatable bonds is 3. The first-order chi connectivity index (χ1) is 7.49. The highest BCUT2D eigenvalue weighted by atomic mass is 19.1. The second-order valence-corrected chi connectivity index (χ2v) is 3.29. The molecule has 1 atom stereocenters. The fourth-order valence-corrected chi connectivity index (χ4v) is 1.25. The fraction of sp³-hybridized carbons (Fsp3) is 0.364. The van der Waals surface area contributed by atoms with Gasteiger partial charge in [0.25, 0.3) is 0 Å². The molecule has 16 heavy (non-hydrogen) atoms. The summed E-state index contributed by atoms with van der Waals surface area (Å²) in [5, 5.41) is 18.9. The predicted octanol–water partition coefficient (Wildman–Crippen LogP) is 1.44. The van der Waals surface area contributed by atoms with E-state index in [1.165, 1.54) is 19.1 Å². The lowest BCUT2D eigenvalue weighted by atomic mass is 10.1. The molecule has 2 N–H and O–H groups in total. The first-order valence-corrected chi connectivity index (χ1v) is 4.81. The molecule has 5 heteroatoms. The fourth-order valence-electron chi connectivity index (χ4n) is 1.25. The van der Waals surface area contributed by atoms with Crippen molar-refractivity contribution in [1.29, 1.82) is 0 Å². The lowest BCUT2D eigenvalue weighted by Gasteiger charge is -2.12. The summed E-state index contributed by atoms with van der Waals surface area (Å²) in [5.41, 5.74) is 0.0406. The summed E-state index contributed by atoms with van der Waals surface area (Å²) in [4.78, 5) is 11.2. The van der Waals surface area contributed by atoms with Gasteiger partial charge in [0.2, 0.25) is 0 Å². The van der Waals surface area contributed by atoms with Crippen LogP contribution in [-0.2, 0) is 9.53 Å². The Kier molecular flexibility index (Phi) is 3.84. The SMILES string of the molecule is CCOC(=O)C(O)c1ccc(C)c(F)c1O. The van der Waals surface area contributed by atoms with E-state index >= 15 is 0 Å². The van der Waals surface area contributed by atoms with Crippen molar-refractivity contribution in [3.8, 4) is 5.75 Å². The molecule has 0 saturated heterocycles. The number of aliphatic hydroxyl groups excluding tert-OH is 1. The lowest BCUT2D eigenvalue weighted by Crippen LogP contribution is -2.15. The third-order valence-electron chi connectivity index (χ3n) is 2.14. The number of phenols is 1. The summed E-state index contributed by atoms with van der Waals surface area (Å²) in [7, 11) is 0. The van der Waals surface area contributed by atoms with E-state index in [4.69, 9.17) is 0 Å². The number of hydrogen-bond acceptors (Lipinski definition) is 4. The molecular formula is C11H13FO4. The number of halogens is 1. The van der Waals surface area contributed by atoms with Crippen LogP contribution in [0.4, 0.5) is 4.39 Å². The van der Waals surface area contributed by atoms with Crippen LogP contribution in [0.3, 0.4) is 0 Å². The minimum absolute atomic E-state index is 0.102. The standard InChI is InChI=1S/C11H13FO4/c1-3-16-11(15)10(14)7-5-4-6(2)8(12)9(7)13/h4-5,10,13-14H,3H2,1-2H3. The van der Waals surface area contributed by atoms with Crippen molar-refractivity contribution in [2.75, 3.05) is 6.61 Å². The molecule has 1 aromatic rings. The van der Waals surface area contributed by atoms with Gasteiger partial charge in [-0.25, -0.2) is 9.18 Å². The largest absolute Gasteiger partial charge is 0.505 e. The maximum absolute atomic E-state index is 13.3. The van der Waals surface area contributed by atoms with Crippen molar-refractivity contribution in [2.45, 2.75) is 20.0 Å². The van der Waals surface area contributed by atoms with E-state index in [1.807, 2.05) is 0 Å². The predicted molar refractivity (Wildman–Crippen MR) is 54.4 cm³/mol. The molecule has 0 heterocycles.